The van der Waals surface area contributed by atoms with E-state index in [9.17, 15) is 14.7 Å². The van der Waals surface area contributed by atoms with E-state index >= 15 is 0 Å². The van der Waals surface area contributed by atoms with E-state index in [1.165, 1.54) is 11.2 Å². The highest BCUT2D eigenvalue weighted by Crippen LogP contribution is 2.45. The van der Waals surface area contributed by atoms with Crippen molar-refractivity contribution >= 4 is 49.2 Å². The van der Waals surface area contributed by atoms with Gasteiger partial charge in [0.15, 0.2) is 11.4 Å². The minimum atomic E-state index is -1.95. The van der Waals surface area contributed by atoms with Crippen LogP contribution in [0.5, 0.6) is 0 Å². The lowest BCUT2D eigenvalue weighted by molar-refractivity contribution is -0.136. The summed E-state index contributed by atoms with van der Waals surface area (Å²) in [6.07, 6.45) is 1.15. The quantitative estimate of drug-likeness (QED) is 0.445. The van der Waals surface area contributed by atoms with Crippen molar-refractivity contribution in [1.82, 2.24) is 0 Å². The van der Waals surface area contributed by atoms with Crippen molar-refractivity contribution in [3.8, 4) is 0 Å². The molecule has 0 aliphatic carbocycles. The highest BCUT2D eigenvalue weighted by Gasteiger charge is 2.51. The van der Waals surface area contributed by atoms with Crippen molar-refractivity contribution in [3.63, 3.8) is 0 Å². The third-order valence-corrected chi connectivity index (χ3v) is 6.70. The molecule has 0 bridgehead atoms. The molecule has 3 aromatic rings. The fraction of sp³-hybridized carbons (Fsp3) is 0.217. The van der Waals surface area contributed by atoms with Crippen LogP contribution in [-0.4, -0.2) is 16.8 Å². The second kappa shape index (κ2) is 7.80. The molecule has 1 atom stereocenters. The van der Waals surface area contributed by atoms with Gasteiger partial charge in [0.25, 0.3) is 5.91 Å². The van der Waals surface area contributed by atoms with Crippen molar-refractivity contribution in [2.75, 3.05) is 4.90 Å². The molecule has 1 aromatic heterocycles. The van der Waals surface area contributed by atoms with Gasteiger partial charge in [0.1, 0.15) is 5.76 Å². The number of ketones is 1. The van der Waals surface area contributed by atoms with Gasteiger partial charge in [-0.15, -0.1) is 0 Å². The van der Waals surface area contributed by atoms with Crippen molar-refractivity contribution in [3.05, 3.63) is 85.7 Å². The number of nitrogens with zero attached hydrogens (tertiary/aromatic N) is 1. The minimum absolute atomic E-state index is 0.273. The topological polar surface area (TPSA) is 70.7 Å². The van der Waals surface area contributed by atoms with Crippen molar-refractivity contribution < 1.29 is 19.1 Å². The van der Waals surface area contributed by atoms with Crippen LogP contribution in [0.25, 0.3) is 0 Å². The lowest BCUT2D eigenvalue weighted by Gasteiger charge is -2.23. The van der Waals surface area contributed by atoms with E-state index in [4.69, 9.17) is 4.42 Å². The molecule has 1 aliphatic heterocycles. The molecule has 2 aromatic carbocycles. The molecule has 2 heterocycles. The van der Waals surface area contributed by atoms with Crippen LogP contribution in [0, 0.1) is 13.8 Å². The number of rotatable bonds is 5. The Hall–Kier alpha value is -2.22. The van der Waals surface area contributed by atoms with Gasteiger partial charge in [-0.2, -0.15) is 0 Å². The maximum absolute atomic E-state index is 13.5. The van der Waals surface area contributed by atoms with Crippen LogP contribution in [0.4, 0.5) is 5.69 Å². The van der Waals surface area contributed by atoms with Crippen LogP contribution in [-0.2, 0) is 16.9 Å². The zero-order chi connectivity index (χ0) is 21.6. The van der Waals surface area contributed by atoms with E-state index in [2.05, 4.69) is 31.9 Å². The molecule has 0 saturated heterocycles. The van der Waals surface area contributed by atoms with Crippen LogP contribution < -0.4 is 4.90 Å². The van der Waals surface area contributed by atoms with E-state index in [0.717, 1.165) is 14.5 Å². The van der Waals surface area contributed by atoms with Gasteiger partial charge in [0.2, 0.25) is 0 Å². The van der Waals surface area contributed by atoms with Gasteiger partial charge in [-0.1, -0.05) is 50.1 Å². The first-order valence-electron chi connectivity index (χ1n) is 9.38. The molecule has 0 radical (unpaired) electrons. The lowest BCUT2D eigenvalue weighted by Crippen LogP contribution is -2.41. The Kier molecular flexibility index (Phi) is 5.46. The van der Waals surface area contributed by atoms with Gasteiger partial charge in [0.05, 0.1) is 30.5 Å². The molecule has 0 saturated carbocycles. The summed E-state index contributed by atoms with van der Waals surface area (Å²) < 4.78 is 6.92. The molecule has 30 heavy (non-hydrogen) atoms. The number of carbonyl (C=O) groups excluding carboxylic acids is 2. The van der Waals surface area contributed by atoms with Gasteiger partial charge >= 0.3 is 0 Å². The van der Waals surface area contributed by atoms with Crippen molar-refractivity contribution in [2.45, 2.75) is 32.4 Å². The predicted octanol–water partition coefficient (Wildman–Crippen LogP) is 5.43. The van der Waals surface area contributed by atoms with Crippen molar-refractivity contribution in [2.24, 2.45) is 0 Å². The average molecular weight is 533 g/mol. The summed E-state index contributed by atoms with van der Waals surface area (Å²) in [4.78, 5) is 28.0. The second-order valence-electron chi connectivity index (χ2n) is 7.45. The first-order chi connectivity index (χ1) is 14.2. The fourth-order valence-electron chi connectivity index (χ4n) is 3.96. The fourth-order valence-corrected chi connectivity index (χ4v) is 4.73. The van der Waals surface area contributed by atoms with Gasteiger partial charge in [0, 0.05) is 14.5 Å². The number of hydrogen-bond acceptors (Lipinski definition) is 4. The lowest BCUT2D eigenvalue weighted by atomic mass is 9.87. The number of halogens is 2. The van der Waals surface area contributed by atoms with Crippen molar-refractivity contribution in [1.29, 1.82) is 0 Å². The number of aryl methyl sites for hydroxylation is 2. The molecule has 1 amide bonds. The number of benzene rings is 2. The number of furan rings is 1. The van der Waals surface area contributed by atoms with Gasteiger partial charge in [-0.05, 0) is 49.2 Å². The summed E-state index contributed by atoms with van der Waals surface area (Å²) in [6.45, 7) is 3.74. The van der Waals surface area contributed by atoms with E-state index < -0.39 is 11.5 Å². The number of Topliss-reactive ketones (excluding diaryl/α,β-unsaturated/α-hetero) is 1. The van der Waals surface area contributed by atoms with Crippen LogP contribution in [0.1, 0.15) is 39.2 Å². The minimum Gasteiger partial charge on any atom is -0.469 e. The summed E-state index contributed by atoms with van der Waals surface area (Å²) in [5.41, 5.74) is 1.06. The van der Waals surface area contributed by atoms with Crippen LogP contribution >= 0.6 is 31.9 Å². The van der Waals surface area contributed by atoms with Crippen LogP contribution in [0.3, 0.4) is 0 Å². The molecule has 0 spiro atoms. The number of fused-ring (bicyclic) bond motifs is 1. The number of amides is 1. The Morgan fingerprint density at radius 3 is 2.57 bits per heavy atom. The second-order valence-corrected chi connectivity index (χ2v) is 9.22. The summed E-state index contributed by atoms with van der Waals surface area (Å²) in [6, 6.07) is 12.9. The van der Waals surface area contributed by atoms with Gasteiger partial charge < -0.3 is 14.4 Å². The van der Waals surface area contributed by atoms with E-state index in [-0.39, 0.29) is 18.7 Å². The summed E-state index contributed by atoms with van der Waals surface area (Å²) in [5, 5.41) is 11.5. The largest absolute Gasteiger partial charge is 0.469 e. The number of anilines is 1. The van der Waals surface area contributed by atoms with Crippen LogP contribution in [0.15, 0.2) is 62.1 Å². The third kappa shape index (κ3) is 3.45. The standard InChI is InChI=1S/C23H19Br2NO4/c1-13-12-30-14(2)21(13)20(27)10-23(29)17-9-16(24)7-8-19(17)26(22(23)28)11-15-5-3-4-6-18(15)25/h3-9,12,29H,10-11H2,1-2H3. The Balaban J connectivity index is 1.75. The first-order valence-corrected chi connectivity index (χ1v) is 11.0. The molecule has 0 fully saturated rings. The Morgan fingerprint density at radius 1 is 1.17 bits per heavy atom. The van der Waals surface area contributed by atoms with Gasteiger partial charge in [-0.3, -0.25) is 9.59 Å². The SMILES string of the molecule is Cc1coc(C)c1C(=O)CC1(O)C(=O)N(Cc2ccccc2Br)c2ccc(Br)cc21. The smallest absolute Gasteiger partial charge is 0.264 e. The number of carbonyl (C=O) groups is 2. The van der Waals surface area contributed by atoms with E-state index in [1.54, 1.807) is 26.0 Å². The maximum Gasteiger partial charge on any atom is 0.264 e. The summed E-state index contributed by atoms with van der Waals surface area (Å²) >= 11 is 6.93. The maximum atomic E-state index is 13.5. The number of aliphatic hydroxyl groups is 1. The normalized spacial score (nSPS) is 18.0. The number of hydrogen-bond donors (Lipinski definition) is 1. The van der Waals surface area contributed by atoms with E-state index in [0.29, 0.717) is 28.1 Å². The molecule has 1 N–H and O–H groups in total. The monoisotopic (exact) mass is 531 g/mol. The zero-order valence-electron chi connectivity index (χ0n) is 16.4. The summed E-state index contributed by atoms with van der Waals surface area (Å²) in [5.74, 6) is -0.368. The Labute approximate surface area is 191 Å². The zero-order valence-corrected chi connectivity index (χ0v) is 19.6. The van der Waals surface area contributed by atoms with Gasteiger partial charge in [-0.25, -0.2) is 0 Å². The van der Waals surface area contributed by atoms with Crippen LogP contribution in [0.2, 0.25) is 0 Å². The first kappa shape index (κ1) is 21.0. The third-order valence-electron chi connectivity index (χ3n) is 5.43. The molecule has 5 nitrogen and oxygen atoms in total. The molecule has 7 heteroatoms. The Bertz CT molecular complexity index is 1150. The molecular formula is C23H19Br2NO4. The summed E-state index contributed by atoms with van der Waals surface area (Å²) in [7, 11) is 0. The highest BCUT2D eigenvalue weighted by atomic mass is 79.9. The Morgan fingerprint density at radius 2 is 1.90 bits per heavy atom. The molecule has 1 aliphatic rings. The van der Waals surface area contributed by atoms with E-state index in [1.807, 2.05) is 30.3 Å². The molecule has 1 unspecified atom stereocenters. The molecule has 154 valence electrons. The molecule has 4 rings (SSSR count). The molecular weight excluding hydrogens is 514 g/mol. The predicted molar refractivity (Wildman–Crippen MR) is 121 cm³/mol. The highest BCUT2D eigenvalue weighted by molar-refractivity contribution is 9.10. The average Bonchev–Trinajstić information content (AvgIpc) is 3.13.